The molecule has 8 heteroatoms. The average molecular weight is 493 g/mol. The molecule has 1 fully saturated rings. The zero-order chi connectivity index (χ0) is 25.7. The van der Waals surface area contributed by atoms with Gasteiger partial charge in [-0.05, 0) is 41.0 Å². The van der Waals surface area contributed by atoms with Crippen molar-refractivity contribution < 1.29 is 24.6 Å². The number of carbonyl (C=O) groups excluding carboxylic acids is 1. The number of Topliss-reactive ketones (excluding diaryl/α,β-unsaturated/α-hetero) is 1. The molecule has 2 aliphatic heterocycles. The minimum Gasteiger partial charge on any atom is -0.505 e. The molecular weight excluding hydrogens is 470 g/mol. The van der Waals surface area contributed by atoms with Gasteiger partial charge in [-0.2, -0.15) is 5.43 Å². The molecular formula is C29H22N3O5+. The maximum Gasteiger partial charge on any atom is 0.335 e. The summed E-state index contributed by atoms with van der Waals surface area (Å²) in [5.74, 6) is -1.41. The van der Waals surface area contributed by atoms with E-state index in [4.69, 9.17) is 0 Å². The van der Waals surface area contributed by atoms with Crippen LogP contribution < -0.4 is 10.4 Å². The number of rotatable bonds is 5. The Hall–Kier alpha value is -4.82. The number of nitrogens with one attached hydrogen (secondary N) is 1. The first-order valence-electron chi connectivity index (χ1n) is 11.8. The number of phenolic OH excluding ortho intramolecular Hbond substituents is 1. The second-order valence-electron chi connectivity index (χ2n) is 9.19. The third kappa shape index (κ3) is 3.66. The summed E-state index contributed by atoms with van der Waals surface area (Å²) >= 11 is 0. The van der Waals surface area contributed by atoms with E-state index in [1.54, 1.807) is 47.5 Å². The van der Waals surface area contributed by atoms with Gasteiger partial charge >= 0.3 is 5.97 Å². The fourth-order valence-corrected chi connectivity index (χ4v) is 5.04. The van der Waals surface area contributed by atoms with Gasteiger partial charge in [0.15, 0.2) is 0 Å². The molecule has 0 amide bonds. The highest BCUT2D eigenvalue weighted by atomic mass is 16.4. The first-order valence-corrected chi connectivity index (χ1v) is 11.8. The minimum absolute atomic E-state index is 0.0924. The number of para-hydroxylation sites is 1. The molecule has 2 unspecified atom stereocenters. The molecule has 1 saturated heterocycles. The zero-order valence-corrected chi connectivity index (χ0v) is 19.5. The highest BCUT2D eigenvalue weighted by Gasteiger charge is 2.62. The Bertz CT molecular complexity index is 1570. The average Bonchev–Trinajstić information content (AvgIpc) is 3.63. The first-order chi connectivity index (χ1) is 17.9. The number of allylic oxidation sites excluding steroid dienone is 3. The number of hydrazine groups is 1. The Labute approximate surface area is 212 Å². The summed E-state index contributed by atoms with van der Waals surface area (Å²) in [6.07, 6.45) is 7.02. The largest absolute Gasteiger partial charge is 0.505 e. The first kappa shape index (κ1) is 22.6. The van der Waals surface area contributed by atoms with Gasteiger partial charge in [-0.25, -0.2) is 4.79 Å². The molecule has 3 aromatic carbocycles. The third-order valence-corrected chi connectivity index (χ3v) is 6.98. The van der Waals surface area contributed by atoms with Gasteiger partial charge in [0.05, 0.1) is 16.8 Å². The zero-order valence-electron chi connectivity index (χ0n) is 19.5. The van der Waals surface area contributed by atoms with E-state index >= 15 is 0 Å². The Kier molecular flexibility index (Phi) is 5.13. The highest BCUT2D eigenvalue weighted by Crippen LogP contribution is 2.47. The van der Waals surface area contributed by atoms with Gasteiger partial charge in [0.1, 0.15) is 5.75 Å². The lowest BCUT2D eigenvalue weighted by molar-refractivity contribution is -0.511. The summed E-state index contributed by atoms with van der Waals surface area (Å²) < 4.78 is 0.816. The van der Waals surface area contributed by atoms with Crippen molar-refractivity contribution >= 4 is 17.4 Å². The predicted octanol–water partition coefficient (Wildman–Crippen LogP) is 4.13. The minimum atomic E-state index is -1.22. The molecule has 1 spiro atoms. The Morgan fingerprint density at radius 2 is 1.81 bits per heavy atom. The van der Waals surface area contributed by atoms with Gasteiger partial charge in [0.25, 0.3) is 0 Å². The van der Waals surface area contributed by atoms with Gasteiger partial charge in [0.2, 0.25) is 23.7 Å². The molecule has 1 aliphatic carbocycles. The summed E-state index contributed by atoms with van der Waals surface area (Å²) in [4.78, 5) is 38.1. The van der Waals surface area contributed by atoms with Crippen molar-refractivity contribution in [3.8, 4) is 16.9 Å². The predicted molar refractivity (Wildman–Crippen MR) is 137 cm³/mol. The van der Waals surface area contributed by atoms with Crippen LogP contribution in [0.4, 0.5) is 5.69 Å². The van der Waals surface area contributed by atoms with E-state index in [0.29, 0.717) is 34.4 Å². The molecule has 0 saturated carbocycles. The smallest absolute Gasteiger partial charge is 0.335 e. The van der Waals surface area contributed by atoms with Gasteiger partial charge in [-0.3, -0.25) is 9.80 Å². The fourth-order valence-electron chi connectivity index (χ4n) is 5.04. The van der Waals surface area contributed by atoms with E-state index in [1.165, 1.54) is 18.3 Å². The standard InChI is InChI=1S/C29H21N3O5/c33-26-22(20-8-4-9-21(17-20)28(35)36)10-5-11-23(26)32-29(30-32)14-12-19-13-15-31(37)24(25(19)27(29)34)16-18-6-2-1-3-7-18/h1-15,17,24,30H,16H2,(H-,33,35,36)/p+1. The molecule has 2 heterocycles. The number of nitrogens with zero attached hydrogens (tertiary/aromatic N) is 2. The molecule has 6 rings (SSSR count). The van der Waals surface area contributed by atoms with Crippen LogP contribution in [0.2, 0.25) is 0 Å². The number of aromatic carboxylic acids is 1. The lowest BCUT2D eigenvalue weighted by Gasteiger charge is -2.23. The highest BCUT2D eigenvalue weighted by molar-refractivity contribution is 6.12. The number of phenols is 1. The SMILES string of the molecule is O=C(O)c1cccc(-c2cccc(N3NC34C=CC3=C(C4=O)C(Cc4ccccc4)[N+](=O)C=C3)c2O)c1. The van der Waals surface area contributed by atoms with Crippen LogP contribution in [0.25, 0.3) is 11.1 Å². The van der Waals surface area contributed by atoms with Gasteiger partial charge in [-0.15, -0.1) is 0 Å². The van der Waals surface area contributed by atoms with Crippen molar-refractivity contribution in [3.05, 3.63) is 124 Å². The van der Waals surface area contributed by atoms with E-state index in [9.17, 15) is 24.7 Å². The number of carboxylic acids is 1. The maximum absolute atomic E-state index is 13.9. The van der Waals surface area contributed by atoms with Crippen LogP contribution in [0.5, 0.6) is 5.75 Å². The number of hydrogen-bond acceptors (Lipinski definition) is 6. The molecule has 3 aromatic rings. The van der Waals surface area contributed by atoms with Crippen LogP contribution in [-0.4, -0.2) is 38.4 Å². The van der Waals surface area contributed by atoms with Crippen LogP contribution in [-0.2, 0) is 11.2 Å². The Morgan fingerprint density at radius 1 is 1.03 bits per heavy atom. The number of hydrogen-bond donors (Lipinski definition) is 3. The van der Waals surface area contributed by atoms with Crippen LogP contribution in [0.15, 0.2) is 108 Å². The molecule has 2 atom stereocenters. The fraction of sp³-hybridized carbons (Fsp3) is 0.103. The van der Waals surface area contributed by atoms with Crippen molar-refractivity contribution in [1.29, 1.82) is 0 Å². The quantitative estimate of drug-likeness (QED) is 0.362. The summed E-state index contributed by atoms with van der Waals surface area (Å²) in [7, 11) is 0. The van der Waals surface area contributed by atoms with Gasteiger partial charge in [-0.1, -0.05) is 60.7 Å². The maximum atomic E-state index is 13.9. The molecule has 0 radical (unpaired) electrons. The second-order valence-corrected chi connectivity index (χ2v) is 9.19. The Morgan fingerprint density at radius 3 is 2.59 bits per heavy atom. The summed E-state index contributed by atoms with van der Waals surface area (Å²) in [5.41, 5.74) is 5.37. The molecule has 0 bridgehead atoms. The van der Waals surface area contributed by atoms with Crippen molar-refractivity contribution in [2.24, 2.45) is 0 Å². The topological polar surface area (TPSA) is 120 Å². The van der Waals surface area contributed by atoms with Crippen LogP contribution in [0.1, 0.15) is 15.9 Å². The third-order valence-electron chi connectivity index (χ3n) is 6.98. The summed E-state index contributed by atoms with van der Waals surface area (Å²) in [5, 5.41) is 22.1. The summed E-state index contributed by atoms with van der Waals surface area (Å²) in [6, 6.07) is 20.3. The normalized spacial score (nSPS) is 21.9. The van der Waals surface area contributed by atoms with Crippen molar-refractivity contribution in [1.82, 2.24) is 5.43 Å². The number of aromatic hydroxyl groups is 1. The van der Waals surface area contributed by atoms with Crippen LogP contribution in [0.3, 0.4) is 0 Å². The number of benzene rings is 3. The Balaban J connectivity index is 1.34. The number of ketones is 1. The molecule has 8 nitrogen and oxygen atoms in total. The number of anilines is 1. The van der Waals surface area contributed by atoms with E-state index in [-0.39, 0.29) is 17.1 Å². The lowest BCUT2D eigenvalue weighted by Crippen LogP contribution is -2.41. The molecule has 182 valence electrons. The second kappa shape index (κ2) is 8.39. The van der Waals surface area contributed by atoms with Crippen molar-refractivity contribution in [2.75, 3.05) is 5.01 Å². The van der Waals surface area contributed by atoms with Crippen LogP contribution >= 0.6 is 0 Å². The molecule has 3 N–H and O–H groups in total. The van der Waals surface area contributed by atoms with E-state index in [1.807, 2.05) is 36.4 Å². The van der Waals surface area contributed by atoms with Gasteiger partial charge < -0.3 is 10.2 Å². The number of carbonyl (C=O) groups is 2. The molecule has 3 aliphatic rings. The molecule has 37 heavy (non-hydrogen) atoms. The van der Waals surface area contributed by atoms with Gasteiger partial charge in [0, 0.05) is 27.7 Å². The lowest BCUT2D eigenvalue weighted by atomic mass is 9.82. The van der Waals surface area contributed by atoms with E-state index in [0.717, 1.165) is 10.3 Å². The number of nitroso groups, excluding NO2 is 1. The molecule has 0 aromatic heterocycles. The van der Waals surface area contributed by atoms with Crippen molar-refractivity contribution in [3.63, 3.8) is 0 Å². The van der Waals surface area contributed by atoms with E-state index < -0.39 is 17.7 Å². The monoisotopic (exact) mass is 492 g/mol. The summed E-state index contributed by atoms with van der Waals surface area (Å²) in [6.45, 7) is 0. The van der Waals surface area contributed by atoms with Crippen molar-refractivity contribution in [2.45, 2.75) is 18.1 Å². The number of carboxylic acid groups (broad SMARTS) is 1. The van der Waals surface area contributed by atoms with Crippen LogP contribution in [0, 0.1) is 4.91 Å². The van der Waals surface area contributed by atoms with E-state index in [2.05, 4.69) is 5.43 Å².